The van der Waals surface area contributed by atoms with Gasteiger partial charge in [-0.05, 0) is 49.9 Å². The predicted molar refractivity (Wildman–Crippen MR) is 70.1 cm³/mol. The Hall–Kier alpha value is -1.35. The van der Waals surface area contributed by atoms with Crippen molar-refractivity contribution < 1.29 is 4.79 Å². The summed E-state index contributed by atoms with van der Waals surface area (Å²) >= 11 is 0. The highest BCUT2D eigenvalue weighted by molar-refractivity contribution is 5.93. The minimum atomic E-state index is 0.130. The maximum absolute atomic E-state index is 11.7. The van der Waals surface area contributed by atoms with Crippen LogP contribution < -0.4 is 10.6 Å². The van der Waals surface area contributed by atoms with Crippen LogP contribution in [0.5, 0.6) is 0 Å². The van der Waals surface area contributed by atoms with E-state index in [0.717, 1.165) is 24.9 Å². The van der Waals surface area contributed by atoms with Crippen LogP contribution >= 0.6 is 0 Å². The second kappa shape index (κ2) is 4.88. The molecule has 92 valence electrons. The van der Waals surface area contributed by atoms with Gasteiger partial charge in [-0.2, -0.15) is 0 Å². The summed E-state index contributed by atoms with van der Waals surface area (Å²) in [5.41, 5.74) is 9.20. The average Bonchev–Trinajstić information content (AvgIpc) is 2.29. The number of nitrogens with zero attached hydrogens (tertiary/aromatic N) is 1. The maximum atomic E-state index is 11.7. The predicted octanol–water partition coefficient (Wildman–Crippen LogP) is 1.88. The van der Waals surface area contributed by atoms with Gasteiger partial charge in [0.1, 0.15) is 0 Å². The van der Waals surface area contributed by atoms with Crippen molar-refractivity contribution in [2.75, 3.05) is 11.4 Å². The zero-order valence-corrected chi connectivity index (χ0v) is 10.6. The molecular formula is C14H20N2O. The second-order valence-corrected chi connectivity index (χ2v) is 4.78. The number of aryl methyl sites for hydroxylation is 1. The van der Waals surface area contributed by atoms with Crippen molar-refractivity contribution in [3.63, 3.8) is 0 Å². The lowest BCUT2D eigenvalue weighted by Gasteiger charge is -2.34. The number of rotatable bonds is 2. The molecule has 1 heterocycles. The first kappa shape index (κ1) is 12.1. The summed E-state index contributed by atoms with van der Waals surface area (Å²) in [5.74, 6) is 0.130. The number of nitrogens with two attached hydrogens (primary N) is 1. The molecule has 0 radical (unpaired) electrons. The van der Waals surface area contributed by atoms with E-state index in [2.05, 4.69) is 25.1 Å². The molecule has 0 spiro atoms. The van der Waals surface area contributed by atoms with Crippen LogP contribution in [0.25, 0.3) is 0 Å². The Kier molecular flexibility index (Phi) is 3.48. The van der Waals surface area contributed by atoms with Crippen LogP contribution in [0.2, 0.25) is 0 Å². The molecule has 17 heavy (non-hydrogen) atoms. The Labute approximate surface area is 103 Å². The van der Waals surface area contributed by atoms with E-state index >= 15 is 0 Å². The lowest BCUT2D eigenvalue weighted by Crippen LogP contribution is -2.40. The molecule has 1 unspecified atom stereocenters. The lowest BCUT2D eigenvalue weighted by atomic mass is 9.94. The van der Waals surface area contributed by atoms with Crippen molar-refractivity contribution in [3.8, 4) is 0 Å². The lowest BCUT2D eigenvalue weighted by molar-refractivity contribution is -0.117. The molecule has 3 nitrogen and oxygen atoms in total. The summed E-state index contributed by atoms with van der Waals surface area (Å²) in [5, 5.41) is 0. The SMILES string of the molecule is CC(=O)N1c2ccc(CCN)cc2CCC1C. The number of fused-ring (bicyclic) bond motifs is 1. The van der Waals surface area contributed by atoms with Crippen LogP contribution in [0.15, 0.2) is 18.2 Å². The van der Waals surface area contributed by atoms with Gasteiger partial charge in [-0.1, -0.05) is 12.1 Å². The van der Waals surface area contributed by atoms with E-state index in [4.69, 9.17) is 5.73 Å². The van der Waals surface area contributed by atoms with Crippen molar-refractivity contribution in [2.24, 2.45) is 5.73 Å². The molecule has 1 aliphatic rings. The third-order valence-corrected chi connectivity index (χ3v) is 3.45. The molecule has 0 saturated heterocycles. The second-order valence-electron chi connectivity index (χ2n) is 4.78. The Morgan fingerprint density at radius 3 is 2.94 bits per heavy atom. The fourth-order valence-corrected chi connectivity index (χ4v) is 2.61. The third kappa shape index (κ3) is 2.34. The number of carbonyl (C=O) groups excluding carboxylic acids is 1. The molecule has 3 heteroatoms. The number of anilines is 1. The number of benzene rings is 1. The van der Waals surface area contributed by atoms with E-state index in [9.17, 15) is 4.79 Å². The van der Waals surface area contributed by atoms with Crippen molar-refractivity contribution >= 4 is 11.6 Å². The highest BCUT2D eigenvalue weighted by atomic mass is 16.2. The summed E-state index contributed by atoms with van der Waals surface area (Å²) in [6.45, 7) is 4.42. The van der Waals surface area contributed by atoms with Gasteiger partial charge in [-0.15, -0.1) is 0 Å². The molecule has 1 aromatic rings. The zero-order valence-electron chi connectivity index (χ0n) is 10.6. The van der Waals surface area contributed by atoms with E-state index in [-0.39, 0.29) is 5.91 Å². The third-order valence-electron chi connectivity index (χ3n) is 3.45. The zero-order chi connectivity index (χ0) is 12.4. The molecule has 1 aliphatic heterocycles. The first-order chi connectivity index (χ1) is 8.13. The summed E-state index contributed by atoms with van der Waals surface area (Å²) in [6, 6.07) is 6.65. The Balaban J connectivity index is 2.37. The molecule has 1 aromatic carbocycles. The van der Waals surface area contributed by atoms with Crippen LogP contribution in [0, 0.1) is 0 Å². The number of hydrogen-bond donors (Lipinski definition) is 1. The van der Waals surface area contributed by atoms with E-state index in [0.29, 0.717) is 12.6 Å². The van der Waals surface area contributed by atoms with E-state index in [1.54, 1.807) is 6.92 Å². The molecule has 1 amide bonds. The quantitative estimate of drug-likeness (QED) is 0.846. The average molecular weight is 232 g/mol. The molecular weight excluding hydrogens is 212 g/mol. The topological polar surface area (TPSA) is 46.3 Å². The van der Waals surface area contributed by atoms with Crippen molar-refractivity contribution in [1.29, 1.82) is 0 Å². The smallest absolute Gasteiger partial charge is 0.224 e. The molecule has 0 aromatic heterocycles. The van der Waals surface area contributed by atoms with Crippen molar-refractivity contribution in [3.05, 3.63) is 29.3 Å². The summed E-state index contributed by atoms with van der Waals surface area (Å²) < 4.78 is 0. The molecule has 2 rings (SSSR count). The van der Waals surface area contributed by atoms with Gasteiger partial charge in [-0.25, -0.2) is 0 Å². The van der Waals surface area contributed by atoms with Gasteiger partial charge in [0.05, 0.1) is 0 Å². The molecule has 0 bridgehead atoms. The first-order valence-electron chi connectivity index (χ1n) is 6.25. The highest BCUT2D eigenvalue weighted by Crippen LogP contribution is 2.31. The minimum absolute atomic E-state index is 0.130. The fourth-order valence-electron chi connectivity index (χ4n) is 2.61. The van der Waals surface area contributed by atoms with Crippen LogP contribution in [0.3, 0.4) is 0 Å². The largest absolute Gasteiger partial charge is 0.330 e. The number of hydrogen-bond acceptors (Lipinski definition) is 2. The summed E-state index contributed by atoms with van der Waals surface area (Å²) in [7, 11) is 0. The van der Waals surface area contributed by atoms with Gasteiger partial charge in [0.15, 0.2) is 0 Å². The van der Waals surface area contributed by atoms with E-state index in [1.165, 1.54) is 11.1 Å². The van der Waals surface area contributed by atoms with Crippen LogP contribution in [-0.4, -0.2) is 18.5 Å². The van der Waals surface area contributed by atoms with Crippen molar-refractivity contribution in [1.82, 2.24) is 0 Å². The van der Waals surface area contributed by atoms with Crippen LogP contribution in [0.4, 0.5) is 5.69 Å². The van der Waals surface area contributed by atoms with Crippen molar-refractivity contribution in [2.45, 2.75) is 39.2 Å². The first-order valence-corrected chi connectivity index (χ1v) is 6.25. The van der Waals surface area contributed by atoms with Gasteiger partial charge >= 0.3 is 0 Å². The minimum Gasteiger partial charge on any atom is -0.330 e. The monoisotopic (exact) mass is 232 g/mol. The molecule has 0 fully saturated rings. The Morgan fingerprint density at radius 1 is 1.53 bits per heavy atom. The maximum Gasteiger partial charge on any atom is 0.224 e. The number of carbonyl (C=O) groups is 1. The van der Waals surface area contributed by atoms with E-state index < -0.39 is 0 Å². The van der Waals surface area contributed by atoms with E-state index in [1.807, 2.05) is 4.90 Å². The van der Waals surface area contributed by atoms with Gasteiger partial charge < -0.3 is 10.6 Å². The standard InChI is InChI=1S/C14H20N2O/c1-10-3-5-13-9-12(7-8-15)4-6-14(13)16(10)11(2)17/h4,6,9-10H,3,5,7-8,15H2,1-2H3. The highest BCUT2D eigenvalue weighted by Gasteiger charge is 2.25. The van der Waals surface area contributed by atoms with Gasteiger partial charge in [0.2, 0.25) is 5.91 Å². The van der Waals surface area contributed by atoms with Gasteiger partial charge in [0.25, 0.3) is 0 Å². The summed E-state index contributed by atoms with van der Waals surface area (Å²) in [4.78, 5) is 13.6. The molecule has 0 saturated carbocycles. The molecule has 2 N–H and O–H groups in total. The summed E-state index contributed by atoms with van der Waals surface area (Å²) in [6.07, 6.45) is 3.00. The number of amides is 1. The molecule has 1 atom stereocenters. The van der Waals surface area contributed by atoms with Gasteiger partial charge in [0, 0.05) is 18.7 Å². The normalized spacial score (nSPS) is 19.0. The van der Waals surface area contributed by atoms with Crippen LogP contribution in [-0.2, 0) is 17.6 Å². The van der Waals surface area contributed by atoms with Crippen LogP contribution in [0.1, 0.15) is 31.4 Å². The fraction of sp³-hybridized carbons (Fsp3) is 0.500. The Morgan fingerprint density at radius 2 is 2.29 bits per heavy atom. The Bertz CT molecular complexity index is 428. The van der Waals surface area contributed by atoms with Gasteiger partial charge in [-0.3, -0.25) is 4.79 Å². The molecule has 0 aliphatic carbocycles.